The Bertz CT molecular complexity index is 97.9. The van der Waals surface area contributed by atoms with Gasteiger partial charge in [0.2, 0.25) is 0 Å². The number of ether oxygens (including phenoxy) is 1. The van der Waals surface area contributed by atoms with Crippen LogP contribution in [0, 0.1) is 6.58 Å². The van der Waals surface area contributed by atoms with Gasteiger partial charge in [-0.2, -0.15) is 0 Å². The van der Waals surface area contributed by atoms with Crippen LogP contribution in [-0.2, 0) is 9.53 Å². The zero-order chi connectivity index (χ0) is 5.86. The van der Waals surface area contributed by atoms with Gasteiger partial charge in [-0.25, -0.2) is 4.79 Å². The molecule has 0 unspecified atom stereocenters. The van der Waals surface area contributed by atoms with Crippen molar-refractivity contribution in [1.29, 1.82) is 0 Å². The molecule has 3 heteroatoms. The zero-order valence-electron chi connectivity index (χ0n) is 3.77. The lowest BCUT2D eigenvalue weighted by molar-refractivity contribution is -0.135. The third-order valence-corrected chi connectivity index (χ3v) is 0.704. The molecule has 0 heterocycles. The van der Waals surface area contributed by atoms with Crippen molar-refractivity contribution < 1.29 is 9.53 Å². The van der Waals surface area contributed by atoms with E-state index in [-0.39, 0.29) is 4.48 Å². The predicted molar refractivity (Wildman–Crippen MR) is 28.8 cm³/mol. The van der Waals surface area contributed by atoms with Crippen LogP contribution in [0.25, 0.3) is 0 Å². The molecule has 0 saturated carbocycles. The Morgan fingerprint density at radius 2 is 2.29 bits per heavy atom. The molecule has 7 heavy (non-hydrogen) atoms. The summed E-state index contributed by atoms with van der Waals surface area (Å²) in [5.41, 5.74) is 0. The number of halogens is 1. The molecule has 0 bridgehead atoms. The van der Waals surface area contributed by atoms with Gasteiger partial charge in [-0.05, 0) is 22.5 Å². The van der Waals surface area contributed by atoms with Gasteiger partial charge in [0.1, 0.15) is 4.48 Å². The van der Waals surface area contributed by atoms with Gasteiger partial charge in [0.25, 0.3) is 0 Å². The lowest BCUT2D eigenvalue weighted by atomic mass is 10.7. The molecule has 0 fully saturated rings. The molecule has 0 N–H and O–H groups in total. The third kappa shape index (κ3) is 2.39. The lowest BCUT2D eigenvalue weighted by Crippen LogP contribution is -1.96. The maximum absolute atomic E-state index is 10.1. The Morgan fingerprint density at radius 3 is 2.29 bits per heavy atom. The van der Waals surface area contributed by atoms with E-state index in [4.69, 9.17) is 6.58 Å². The number of methoxy groups -OCH3 is 1. The van der Waals surface area contributed by atoms with Crippen molar-refractivity contribution >= 4 is 21.9 Å². The molecule has 0 rings (SSSR count). The first kappa shape index (κ1) is 6.69. The summed E-state index contributed by atoms with van der Waals surface area (Å²) in [6.45, 7) is 4.91. The van der Waals surface area contributed by atoms with Crippen LogP contribution in [0.15, 0.2) is 4.48 Å². The highest BCUT2D eigenvalue weighted by molar-refractivity contribution is 9.12. The first-order valence-electron chi connectivity index (χ1n) is 1.54. The molecular weight excluding hydrogens is 160 g/mol. The van der Waals surface area contributed by atoms with E-state index in [9.17, 15) is 4.79 Å². The minimum absolute atomic E-state index is 0.00463. The van der Waals surface area contributed by atoms with Crippen LogP contribution < -0.4 is 0 Å². The standard InChI is InChI=1S/C4H4BrO2/c1-3(5)4(6)7-2/h1H,2H3. The fourth-order valence-electron chi connectivity index (χ4n) is 0.0975. The summed E-state index contributed by atoms with van der Waals surface area (Å²) in [6.07, 6.45) is 0. The van der Waals surface area contributed by atoms with Gasteiger partial charge in [-0.1, -0.05) is 0 Å². The first-order chi connectivity index (χ1) is 3.18. The molecule has 1 radical (unpaired) electrons. The number of hydrogen-bond acceptors (Lipinski definition) is 2. The Hall–Kier alpha value is -0.310. The predicted octanol–water partition coefficient (Wildman–Crippen LogP) is 0.871. The van der Waals surface area contributed by atoms with E-state index < -0.39 is 5.97 Å². The van der Waals surface area contributed by atoms with Gasteiger partial charge in [0.15, 0.2) is 0 Å². The maximum atomic E-state index is 10.1. The zero-order valence-corrected chi connectivity index (χ0v) is 5.36. The van der Waals surface area contributed by atoms with Crippen molar-refractivity contribution in [2.75, 3.05) is 7.11 Å². The van der Waals surface area contributed by atoms with Crippen molar-refractivity contribution in [2.45, 2.75) is 0 Å². The third-order valence-electron chi connectivity index (χ3n) is 0.380. The smallest absolute Gasteiger partial charge is 0.344 e. The summed E-state index contributed by atoms with van der Waals surface area (Å²) in [5, 5.41) is 0. The van der Waals surface area contributed by atoms with Crippen molar-refractivity contribution in [3.05, 3.63) is 11.1 Å². The van der Waals surface area contributed by atoms with E-state index >= 15 is 0 Å². The number of hydrogen-bond donors (Lipinski definition) is 0. The minimum atomic E-state index is -0.542. The summed E-state index contributed by atoms with van der Waals surface area (Å²) in [4.78, 5) is 10.1. The molecule has 0 atom stereocenters. The summed E-state index contributed by atoms with van der Waals surface area (Å²) in [6, 6.07) is 0. The molecular formula is C4H4BrO2. The molecule has 0 aromatic heterocycles. The highest BCUT2D eigenvalue weighted by atomic mass is 79.9. The van der Waals surface area contributed by atoms with Gasteiger partial charge in [-0.15, -0.1) is 0 Å². The monoisotopic (exact) mass is 163 g/mol. The average Bonchev–Trinajstić information content (AvgIpc) is 1.65. The minimum Gasteiger partial charge on any atom is -0.465 e. The number of esters is 1. The van der Waals surface area contributed by atoms with Gasteiger partial charge in [0.05, 0.1) is 7.11 Å². The average molecular weight is 164 g/mol. The Labute approximate surface area is 50.3 Å². The number of rotatable bonds is 1. The van der Waals surface area contributed by atoms with E-state index in [0.29, 0.717) is 0 Å². The van der Waals surface area contributed by atoms with Crippen LogP contribution in [0.2, 0.25) is 0 Å². The fourth-order valence-corrected chi connectivity index (χ4v) is 0.259. The summed E-state index contributed by atoms with van der Waals surface area (Å²) in [5.74, 6) is -0.542. The molecule has 0 aromatic rings. The van der Waals surface area contributed by atoms with Gasteiger partial charge >= 0.3 is 5.97 Å². The number of carbonyl (C=O) groups excluding carboxylic acids is 1. The normalized spacial score (nSPS) is 7.71. The van der Waals surface area contributed by atoms with E-state index in [1.165, 1.54) is 7.11 Å². The Kier molecular flexibility index (Phi) is 2.67. The lowest BCUT2D eigenvalue weighted by Gasteiger charge is -1.89. The SMILES string of the molecule is [CH]=C(Br)C(=O)OC. The summed E-state index contributed by atoms with van der Waals surface area (Å²) < 4.78 is 4.16. The van der Waals surface area contributed by atoms with Crippen molar-refractivity contribution in [2.24, 2.45) is 0 Å². The van der Waals surface area contributed by atoms with E-state index in [0.717, 1.165) is 0 Å². The highest BCUT2D eigenvalue weighted by Gasteiger charge is 1.98. The molecule has 0 aliphatic heterocycles. The van der Waals surface area contributed by atoms with Crippen LogP contribution in [0.5, 0.6) is 0 Å². The molecule has 0 aliphatic rings. The van der Waals surface area contributed by atoms with Crippen LogP contribution in [0.3, 0.4) is 0 Å². The molecule has 0 aliphatic carbocycles. The second-order valence-corrected chi connectivity index (χ2v) is 1.69. The summed E-state index contributed by atoms with van der Waals surface area (Å²) >= 11 is 2.72. The molecule has 0 saturated heterocycles. The fraction of sp³-hybridized carbons (Fsp3) is 0.250. The van der Waals surface area contributed by atoms with E-state index in [1.807, 2.05) is 0 Å². The highest BCUT2D eigenvalue weighted by Crippen LogP contribution is 2.00. The second kappa shape index (κ2) is 2.80. The van der Waals surface area contributed by atoms with Crippen LogP contribution in [0.1, 0.15) is 0 Å². The summed E-state index contributed by atoms with van der Waals surface area (Å²) in [7, 11) is 1.26. The van der Waals surface area contributed by atoms with E-state index in [1.54, 1.807) is 0 Å². The van der Waals surface area contributed by atoms with Crippen molar-refractivity contribution in [3.63, 3.8) is 0 Å². The molecule has 39 valence electrons. The van der Waals surface area contributed by atoms with Gasteiger partial charge < -0.3 is 4.74 Å². The Balaban J connectivity index is 3.58. The molecule has 0 spiro atoms. The molecule has 0 aromatic carbocycles. The van der Waals surface area contributed by atoms with Crippen LogP contribution in [-0.4, -0.2) is 13.1 Å². The van der Waals surface area contributed by atoms with Crippen LogP contribution in [0.4, 0.5) is 0 Å². The van der Waals surface area contributed by atoms with Crippen molar-refractivity contribution in [1.82, 2.24) is 0 Å². The quantitative estimate of drug-likeness (QED) is 0.424. The second-order valence-electron chi connectivity index (χ2n) is 0.840. The topological polar surface area (TPSA) is 26.3 Å². The molecule has 0 amide bonds. The van der Waals surface area contributed by atoms with E-state index in [2.05, 4.69) is 20.7 Å². The molecule has 2 nitrogen and oxygen atoms in total. The largest absolute Gasteiger partial charge is 0.465 e. The van der Waals surface area contributed by atoms with Gasteiger partial charge in [0, 0.05) is 0 Å². The first-order valence-corrected chi connectivity index (χ1v) is 2.34. The van der Waals surface area contributed by atoms with Crippen LogP contribution >= 0.6 is 15.9 Å². The maximum Gasteiger partial charge on any atom is 0.344 e. The van der Waals surface area contributed by atoms with Crippen molar-refractivity contribution in [3.8, 4) is 0 Å². The van der Waals surface area contributed by atoms with Gasteiger partial charge in [-0.3, -0.25) is 0 Å². The number of carbonyl (C=O) groups is 1. The Morgan fingerprint density at radius 1 is 1.86 bits per heavy atom.